The Morgan fingerprint density at radius 1 is 1.39 bits per heavy atom. The minimum Gasteiger partial charge on any atom is -0.361 e. The van der Waals surface area contributed by atoms with Crippen molar-refractivity contribution in [1.29, 1.82) is 5.41 Å². The van der Waals surface area contributed by atoms with Gasteiger partial charge < -0.3 is 10.4 Å². The van der Waals surface area contributed by atoms with Crippen LogP contribution in [0.1, 0.15) is 38.2 Å². The molecule has 0 fully saturated rings. The highest BCUT2D eigenvalue weighted by molar-refractivity contribution is 5.99. The highest BCUT2D eigenvalue weighted by Gasteiger charge is 2.13. The molecule has 1 atom stereocenters. The second kappa shape index (κ2) is 5.17. The third-order valence-electron chi connectivity index (χ3n) is 3.17. The molecule has 0 radical (unpaired) electrons. The summed E-state index contributed by atoms with van der Waals surface area (Å²) in [6, 6.07) is 8.16. The van der Waals surface area contributed by atoms with Gasteiger partial charge in [0.05, 0.1) is 0 Å². The molecule has 2 aromatic rings. The van der Waals surface area contributed by atoms with Crippen molar-refractivity contribution in [2.24, 2.45) is 0 Å². The standard InChI is InChI=1S/C15H18N2O/c1-10(7-12(16)8-11(2)18)14-9-17-15-6-4-3-5-13(14)15/h3-6,9-10,16-17H,7-8H2,1-2H3. The van der Waals surface area contributed by atoms with Gasteiger partial charge in [0.25, 0.3) is 0 Å². The molecule has 1 heterocycles. The third kappa shape index (κ3) is 2.67. The van der Waals surface area contributed by atoms with Crippen molar-refractivity contribution in [2.45, 2.75) is 32.6 Å². The van der Waals surface area contributed by atoms with Crippen LogP contribution in [0.25, 0.3) is 10.9 Å². The third-order valence-corrected chi connectivity index (χ3v) is 3.17. The van der Waals surface area contributed by atoms with Crippen LogP contribution < -0.4 is 0 Å². The number of H-pyrrole nitrogens is 1. The average molecular weight is 242 g/mol. The number of Topliss-reactive ketones (excluding diaryl/α,β-unsaturated/α-hetero) is 1. The largest absolute Gasteiger partial charge is 0.361 e. The normalized spacial score (nSPS) is 12.6. The van der Waals surface area contributed by atoms with Gasteiger partial charge in [-0.05, 0) is 30.9 Å². The predicted octanol–water partition coefficient (Wildman–Crippen LogP) is 3.66. The second-order valence-electron chi connectivity index (χ2n) is 4.88. The Kier molecular flexibility index (Phi) is 3.60. The number of hydrogen-bond donors (Lipinski definition) is 2. The summed E-state index contributed by atoms with van der Waals surface area (Å²) < 4.78 is 0. The fourth-order valence-corrected chi connectivity index (χ4v) is 2.35. The summed E-state index contributed by atoms with van der Waals surface area (Å²) in [7, 11) is 0. The van der Waals surface area contributed by atoms with Gasteiger partial charge in [-0.2, -0.15) is 0 Å². The lowest BCUT2D eigenvalue weighted by molar-refractivity contribution is -0.115. The van der Waals surface area contributed by atoms with E-state index >= 15 is 0 Å². The number of aromatic nitrogens is 1. The Hall–Kier alpha value is -1.90. The molecule has 0 aliphatic carbocycles. The summed E-state index contributed by atoms with van der Waals surface area (Å²) in [6.07, 6.45) is 2.92. The highest BCUT2D eigenvalue weighted by Crippen LogP contribution is 2.27. The monoisotopic (exact) mass is 242 g/mol. The van der Waals surface area contributed by atoms with Crippen molar-refractivity contribution in [3.05, 3.63) is 36.0 Å². The van der Waals surface area contributed by atoms with E-state index in [-0.39, 0.29) is 18.1 Å². The first-order valence-corrected chi connectivity index (χ1v) is 6.19. The molecule has 0 saturated carbocycles. The number of rotatable bonds is 5. The van der Waals surface area contributed by atoms with E-state index < -0.39 is 0 Å². The molecule has 3 nitrogen and oxygen atoms in total. The van der Waals surface area contributed by atoms with Crippen LogP contribution in [0.15, 0.2) is 30.5 Å². The van der Waals surface area contributed by atoms with Crippen LogP contribution in [0.2, 0.25) is 0 Å². The molecular weight excluding hydrogens is 224 g/mol. The van der Waals surface area contributed by atoms with Crippen LogP contribution in [0.3, 0.4) is 0 Å². The molecule has 1 aromatic carbocycles. The fourth-order valence-electron chi connectivity index (χ4n) is 2.35. The molecule has 0 aliphatic heterocycles. The lowest BCUT2D eigenvalue weighted by Crippen LogP contribution is -2.07. The van der Waals surface area contributed by atoms with Crippen molar-refractivity contribution in [1.82, 2.24) is 4.98 Å². The summed E-state index contributed by atoms with van der Waals surface area (Å²) in [5.41, 5.74) is 2.86. The number of para-hydroxylation sites is 1. The van der Waals surface area contributed by atoms with Gasteiger partial charge in [0.15, 0.2) is 0 Å². The van der Waals surface area contributed by atoms with Crippen LogP contribution in [0, 0.1) is 5.41 Å². The minimum atomic E-state index is 0.0612. The summed E-state index contributed by atoms with van der Waals surface area (Å²) >= 11 is 0. The fraction of sp³-hybridized carbons (Fsp3) is 0.333. The number of hydrogen-bond acceptors (Lipinski definition) is 2. The van der Waals surface area contributed by atoms with E-state index in [9.17, 15) is 4.79 Å². The summed E-state index contributed by atoms with van der Waals surface area (Å²) in [5.74, 6) is 0.319. The second-order valence-corrected chi connectivity index (χ2v) is 4.88. The first-order valence-electron chi connectivity index (χ1n) is 6.19. The Morgan fingerprint density at radius 2 is 2.11 bits per heavy atom. The zero-order chi connectivity index (χ0) is 13.1. The molecule has 94 valence electrons. The van der Waals surface area contributed by atoms with Gasteiger partial charge >= 0.3 is 0 Å². The lowest BCUT2D eigenvalue weighted by atomic mass is 9.93. The minimum absolute atomic E-state index is 0.0612. The number of benzene rings is 1. The summed E-state index contributed by atoms with van der Waals surface area (Å²) in [6.45, 7) is 3.63. The van der Waals surface area contributed by atoms with E-state index in [0.29, 0.717) is 12.1 Å². The maximum Gasteiger partial charge on any atom is 0.135 e. The van der Waals surface area contributed by atoms with E-state index in [1.165, 1.54) is 17.9 Å². The van der Waals surface area contributed by atoms with Crippen molar-refractivity contribution in [3.63, 3.8) is 0 Å². The van der Waals surface area contributed by atoms with Gasteiger partial charge in [-0.25, -0.2) is 0 Å². The molecule has 1 aromatic heterocycles. The summed E-state index contributed by atoms with van der Waals surface area (Å²) in [5, 5.41) is 9.04. The van der Waals surface area contributed by atoms with E-state index in [2.05, 4.69) is 18.0 Å². The van der Waals surface area contributed by atoms with E-state index in [1.54, 1.807) is 0 Å². The van der Waals surface area contributed by atoms with Gasteiger partial charge in [0.1, 0.15) is 5.78 Å². The van der Waals surface area contributed by atoms with Gasteiger partial charge in [-0.15, -0.1) is 0 Å². The van der Waals surface area contributed by atoms with E-state index in [4.69, 9.17) is 5.41 Å². The zero-order valence-electron chi connectivity index (χ0n) is 10.8. The van der Waals surface area contributed by atoms with Gasteiger partial charge in [-0.3, -0.25) is 4.79 Å². The number of ketones is 1. The molecule has 0 amide bonds. The van der Waals surface area contributed by atoms with Crippen LogP contribution in [0.5, 0.6) is 0 Å². The molecule has 0 aliphatic rings. The first kappa shape index (κ1) is 12.6. The van der Waals surface area contributed by atoms with E-state index in [1.807, 2.05) is 24.4 Å². The SMILES string of the molecule is CC(=O)CC(=N)CC(C)c1c[nH]c2ccccc12. The molecule has 0 spiro atoms. The first-order chi connectivity index (χ1) is 8.58. The predicted molar refractivity (Wildman–Crippen MR) is 74.4 cm³/mol. The molecular formula is C15H18N2O. The Morgan fingerprint density at radius 3 is 2.83 bits per heavy atom. The van der Waals surface area contributed by atoms with Crippen LogP contribution in [0.4, 0.5) is 0 Å². The van der Waals surface area contributed by atoms with Gasteiger partial charge in [0, 0.05) is 29.2 Å². The van der Waals surface area contributed by atoms with Gasteiger partial charge in [0.2, 0.25) is 0 Å². The van der Waals surface area contributed by atoms with Gasteiger partial charge in [-0.1, -0.05) is 25.1 Å². The van der Waals surface area contributed by atoms with E-state index in [0.717, 1.165) is 5.52 Å². The molecule has 2 rings (SSSR count). The smallest absolute Gasteiger partial charge is 0.135 e. The van der Waals surface area contributed by atoms with Crippen molar-refractivity contribution in [3.8, 4) is 0 Å². The van der Waals surface area contributed by atoms with Crippen molar-refractivity contribution in [2.75, 3.05) is 0 Å². The van der Waals surface area contributed by atoms with Crippen LogP contribution >= 0.6 is 0 Å². The maximum absolute atomic E-state index is 11.0. The lowest BCUT2D eigenvalue weighted by Gasteiger charge is -2.10. The van der Waals surface area contributed by atoms with Crippen LogP contribution in [-0.2, 0) is 4.79 Å². The molecule has 18 heavy (non-hydrogen) atoms. The average Bonchev–Trinajstić information content (AvgIpc) is 2.71. The maximum atomic E-state index is 11.0. The number of carbonyl (C=O) groups excluding carboxylic acids is 1. The molecule has 0 saturated heterocycles. The molecule has 2 N–H and O–H groups in total. The quantitative estimate of drug-likeness (QED) is 0.772. The van der Waals surface area contributed by atoms with Crippen molar-refractivity contribution < 1.29 is 4.79 Å². The zero-order valence-corrected chi connectivity index (χ0v) is 10.8. The number of aromatic amines is 1. The number of carbonyl (C=O) groups is 1. The molecule has 0 bridgehead atoms. The topological polar surface area (TPSA) is 56.7 Å². The highest BCUT2D eigenvalue weighted by atomic mass is 16.1. The summed E-state index contributed by atoms with van der Waals surface area (Å²) in [4.78, 5) is 14.2. The molecule has 3 heteroatoms. The number of fused-ring (bicyclic) bond motifs is 1. The Bertz CT molecular complexity index is 583. The van der Waals surface area contributed by atoms with Crippen LogP contribution in [-0.4, -0.2) is 16.5 Å². The Labute approximate surface area is 107 Å². The van der Waals surface area contributed by atoms with Crippen molar-refractivity contribution >= 4 is 22.4 Å². The molecule has 1 unspecified atom stereocenters. The number of nitrogens with one attached hydrogen (secondary N) is 2. The Balaban J connectivity index is 2.16.